The minimum Gasteiger partial charge on any atom is -0.351 e. The number of nitrogens with two attached hydrogens (primary N) is 1. The highest BCUT2D eigenvalue weighted by Crippen LogP contribution is 2.52. The second-order valence-electron chi connectivity index (χ2n) is 11.0. The van der Waals surface area contributed by atoms with Gasteiger partial charge in [-0.2, -0.15) is 5.26 Å². The van der Waals surface area contributed by atoms with Crippen LogP contribution in [0.3, 0.4) is 0 Å². The number of alkyl halides is 2. The number of rotatable bonds is 8. The van der Waals surface area contributed by atoms with Gasteiger partial charge in [0, 0.05) is 30.8 Å². The van der Waals surface area contributed by atoms with E-state index in [-0.39, 0.29) is 17.8 Å². The number of carbonyl (C=O) groups excluding carboxylic acids is 2. The maximum atomic E-state index is 15.0. The normalized spacial score (nSPS) is 27.5. The Kier molecular flexibility index (Phi) is 5.89. The van der Waals surface area contributed by atoms with E-state index in [9.17, 15) is 14.9 Å². The summed E-state index contributed by atoms with van der Waals surface area (Å²) >= 11 is 0. The van der Waals surface area contributed by atoms with Crippen molar-refractivity contribution in [2.24, 2.45) is 23.0 Å². The average molecular weight is 452 g/mol. The lowest BCUT2D eigenvalue weighted by molar-refractivity contribution is -0.154. The van der Waals surface area contributed by atoms with Gasteiger partial charge in [0.1, 0.15) is 5.54 Å². The number of piperidine rings is 1. The van der Waals surface area contributed by atoms with E-state index in [1.807, 2.05) is 0 Å². The molecule has 2 saturated heterocycles. The minimum absolute atomic E-state index is 0.230. The van der Waals surface area contributed by atoms with Gasteiger partial charge in [0.05, 0.1) is 18.0 Å². The molecule has 4 fully saturated rings. The van der Waals surface area contributed by atoms with Crippen LogP contribution in [-0.2, 0) is 4.79 Å². The molecule has 4 aliphatic rings. The summed E-state index contributed by atoms with van der Waals surface area (Å²) in [6.07, 6.45) is 4.01. The molecular weight excluding hydrogens is 416 g/mol. The van der Waals surface area contributed by atoms with E-state index in [4.69, 9.17) is 5.73 Å². The zero-order valence-corrected chi connectivity index (χ0v) is 19.1. The number of halogens is 2. The van der Waals surface area contributed by atoms with Crippen LogP contribution in [0.15, 0.2) is 0 Å². The summed E-state index contributed by atoms with van der Waals surface area (Å²) in [5.41, 5.74) is 4.29. The standard InChI is InChI=1S/C23H35F2N5O2/c1-15(2)11-23(24,25)12-17(19(31)28-22(13-26)5-6-22)18-21(14-30(18)20(27)32)7-9-29(10-8-21)16-3-4-16/h15-18H,3-12,14H2,1-2H3,(H2,27,32)(H,28,31)/t17-,18?/m0/s1. The minimum atomic E-state index is -3.05. The Balaban J connectivity index is 1.59. The number of hydrogen-bond donors (Lipinski definition) is 2. The second kappa shape index (κ2) is 8.12. The number of nitriles is 1. The molecule has 0 radical (unpaired) electrons. The van der Waals surface area contributed by atoms with Gasteiger partial charge in [-0.1, -0.05) is 13.8 Å². The van der Waals surface area contributed by atoms with Crippen molar-refractivity contribution in [2.75, 3.05) is 19.6 Å². The highest BCUT2D eigenvalue weighted by molar-refractivity contribution is 5.83. The molecule has 2 atom stereocenters. The zero-order valence-electron chi connectivity index (χ0n) is 19.1. The van der Waals surface area contributed by atoms with Gasteiger partial charge in [-0.05, 0) is 57.5 Å². The van der Waals surface area contributed by atoms with Gasteiger partial charge in [0.15, 0.2) is 0 Å². The Morgan fingerprint density at radius 3 is 2.28 bits per heavy atom. The molecule has 4 rings (SSSR count). The van der Waals surface area contributed by atoms with Crippen molar-refractivity contribution >= 4 is 11.9 Å². The number of nitrogens with zero attached hydrogens (tertiary/aromatic N) is 3. The first-order valence-corrected chi connectivity index (χ1v) is 11.9. The molecule has 2 saturated carbocycles. The van der Waals surface area contributed by atoms with Crippen LogP contribution < -0.4 is 11.1 Å². The fourth-order valence-corrected chi connectivity index (χ4v) is 5.90. The number of carbonyl (C=O) groups is 2. The maximum Gasteiger partial charge on any atom is 0.315 e. The monoisotopic (exact) mass is 451 g/mol. The van der Waals surface area contributed by atoms with Gasteiger partial charge in [-0.15, -0.1) is 0 Å². The molecule has 9 heteroatoms. The van der Waals surface area contributed by atoms with E-state index < -0.39 is 41.8 Å². The van der Waals surface area contributed by atoms with Crippen LogP contribution in [0.25, 0.3) is 0 Å². The highest BCUT2D eigenvalue weighted by Gasteiger charge is 2.61. The summed E-state index contributed by atoms with van der Waals surface area (Å²) in [5.74, 6) is -4.92. The largest absolute Gasteiger partial charge is 0.351 e. The summed E-state index contributed by atoms with van der Waals surface area (Å²) < 4.78 is 30.0. The van der Waals surface area contributed by atoms with Crippen LogP contribution in [0, 0.1) is 28.6 Å². The van der Waals surface area contributed by atoms with Crippen molar-refractivity contribution in [1.82, 2.24) is 15.1 Å². The molecule has 3 N–H and O–H groups in total. The summed E-state index contributed by atoms with van der Waals surface area (Å²) in [6, 6.07) is 1.40. The first-order valence-electron chi connectivity index (χ1n) is 11.9. The smallest absolute Gasteiger partial charge is 0.315 e. The number of amides is 3. The molecule has 3 amide bonds. The molecule has 0 bridgehead atoms. The fourth-order valence-electron chi connectivity index (χ4n) is 5.90. The molecule has 1 unspecified atom stereocenters. The number of urea groups is 1. The Hall–Kier alpha value is -1.95. The first kappa shape index (κ1) is 23.2. The molecule has 178 valence electrons. The van der Waals surface area contributed by atoms with Gasteiger partial charge in [-0.25, -0.2) is 13.6 Å². The Morgan fingerprint density at radius 1 is 1.19 bits per heavy atom. The van der Waals surface area contributed by atoms with Crippen molar-refractivity contribution in [2.45, 2.75) is 88.8 Å². The SMILES string of the molecule is CC(C)CC(F)(F)C[C@H](C(=O)NC1(C#N)CC1)C1N(C(N)=O)CC12CCN(C1CC1)CC2. The van der Waals surface area contributed by atoms with Crippen molar-refractivity contribution in [3.8, 4) is 6.07 Å². The molecule has 7 nitrogen and oxygen atoms in total. The predicted molar refractivity (Wildman–Crippen MR) is 115 cm³/mol. The summed E-state index contributed by atoms with van der Waals surface area (Å²) in [4.78, 5) is 29.4. The van der Waals surface area contributed by atoms with E-state index >= 15 is 8.78 Å². The molecule has 2 aliphatic heterocycles. The van der Waals surface area contributed by atoms with Crippen molar-refractivity contribution in [3.63, 3.8) is 0 Å². The Morgan fingerprint density at radius 2 is 1.81 bits per heavy atom. The second-order valence-corrected chi connectivity index (χ2v) is 11.0. The maximum absolute atomic E-state index is 15.0. The predicted octanol–water partition coefficient (Wildman–Crippen LogP) is 2.85. The van der Waals surface area contributed by atoms with Gasteiger partial charge in [-0.3, -0.25) is 4.79 Å². The van der Waals surface area contributed by atoms with E-state index in [2.05, 4.69) is 16.3 Å². The lowest BCUT2D eigenvalue weighted by atomic mass is 9.60. The quantitative estimate of drug-likeness (QED) is 0.592. The molecule has 32 heavy (non-hydrogen) atoms. The van der Waals surface area contributed by atoms with Crippen LogP contribution in [-0.4, -0.2) is 64.9 Å². The van der Waals surface area contributed by atoms with Crippen LogP contribution in [0.4, 0.5) is 13.6 Å². The number of likely N-dealkylation sites (tertiary alicyclic amines) is 2. The van der Waals surface area contributed by atoms with Gasteiger partial charge in [0.2, 0.25) is 11.8 Å². The lowest BCUT2D eigenvalue weighted by Crippen LogP contribution is -2.73. The van der Waals surface area contributed by atoms with Crippen LogP contribution in [0.1, 0.15) is 65.2 Å². The third-order valence-corrected chi connectivity index (χ3v) is 7.86. The summed E-state index contributed by atoms with van der Waals surface area (Å²) in [7, 11) is 0. The molecular formula is C23H35F2N5O2. The Bertz CT molecular complexity index is 795. The van der Waals surface area contributed by atoms with Crippen LogP contribution in [0.5, 0.6) is 0 Å². The van der Waals surface area contributed by atoms with E-state index in [0.29, 0.717) is 25.4 Å². The molecule has 0 aromatic heterocycles. The molecule has 0 aromatic rings. The molecule has 2 aliphatic carbocycles. The van der Waals surface area contributed by atoms with Crippen molar-refractivity contribution in [1.29, 1.82) is 5.26 Å². The van der Waals surface area contributed by atoms with Crippen molar-refractivity contribution in [3.05, 3.63) is 0 Å². The summed E-state index contributed by atoms with van der Waals surface area (Å²) in [5, 5.41) is 12.2. The third-order valence-electron chi connectivity index (χ3n) is 7.86. The molecule has 0 aromatic carbocycles. The topological polar surface area (TPSA) is 102 Å². The van der Waals surface area contributed by atoms with Crippen LogP contribution >= 0.6 is 0 Å². The van der Waals surface area contributed by atoms with E-state index in [1.54, 1.807) is 13.8 Å². The number of primary amides is 1. The fraction of sp³-hybridized carbons (Fsp3) is 0.870. The molecule has 2 heterocycles. The highest BCUT2D eigenvalue weighted by atomic mass is 19.3. The number of nitrogens with one attached hydrogen (secondary N) is 1. The summed E-state index contributed by atoms with van der Waals surface area (Å²) in [6.45, 7) is 5.58. The zero-order chi connectivity index (χ0) is 23.3. The number of hydrogen-bond acceptors (Lipinski definition) is 4. The van der Waals surface area contributed by atoms with Crippen molar-refractivity contribution < 1.29 is 18.4 Å². The van der Waals surface area contributed by atoms with Gasteiger partial charge in [0.25, 0.3) is 0 Å². The lowest BCUT2D eigenvalue weighted by Gasteiger charge is -2.62. The van der Waals surface area contributed by atoms with E-state index in [1.165, 1.54) is 17.7 Å². The Labute approximate surface area is 188 Å². The third kappa shape index (κ3) is 4.57. The molecule has 1 spiro atoms. The average Bonchev–Trinajstić information content (AvgIpc) is 3.60. The van der Waals surface area contributed by atoms with Gasteiger partial charge >= 0.3 is 6.03 Å². The first-order chi connectivity index (χ1) is 15.0. The van der Waals surface area contributed by atoms with Crippen LogP contribution in [0.2, 0.25) is 0 Å². The van der Waals surface area contributed by atoms with E-state index in [0.717, 1.165) is 25.9 Å². The van der Waals surface area contributed by atoms with Gasteiger partial charge < -0.3 is 20.9 Å².